The van der Waals surface area contributed by atoms with Gasteiger partial charge in [-0.25, -0.2) is 0 Å². The summed E-state index contributed by atoms with van der Waals surface area (Å²) in [4.78, 5) is 11.4. The Bertz CT molecular complexity index is 411. The first-order chi connectivity index (χ1) is 7.70. The van der Waals surface area contributed by atoms with Crippen LogP contribution in [0.1, 0.15) is 19.4 Å². The summed E-state index contributed by atoms with van der Waals surface area (Å²) >= 11 is 0. The van der Waals surface area contributed by atoms with Gasteiger partial charge in [-0.2, -0.15) is 18.3 Å². The van der Waals surface area contributed by atoms with Crippen molar-refractivity contribution in [3.8, 4) is 0 Å². The number of anilines is 1. The molecule has 0 saturated heterocycles. The summed E-state index contributed by atoms with van der Waals surface area (Å²) in [6.07, 6.45) is -2.86. The maximum absolute atomic E-state index is 12.5. The molecule has 0 bridgehead atoms. The van der Waals surface area contributed by atoms with Crippen LogP contribution in [0.3, 0.4) is 0 Å². The van der Waals surface area contributed by atoms with E-state index in [4.69, 9.17) is 5.73 Å². The fourth-order valence-corrected chi connectivity index (χ4v) is 1.06. The maximum Gasteiger partial charge on any atom is 0.415 e. The van der Waals surface area contributed by atoms with Gasteiger partial charge < -0.3 is 11.1 Å². The van der Waals surface area contributed by atoms with Gasteiger partial charge in [-0.05, 0) is 13.3 Å². The molecule has 8 heteroatoms. The van der Waals surface area contributed by atoms with Gasteiger partial charge in [0.2, 0.25) is 0 Å². The molecule has 0 aliphatic carbocycles. The molecule has 1 amide bonds. The largest absolute Gasteiger partial charge is 0.415 e. The van der Waals surface area contributed by atoms with Gasteiger partial charge in [-0.15, -0.1) is 0 Å². The molecular weight excluding hydrogens is 237 g/mol. The van der Waals surface area contributed by atoms with Crippen LogP contribution in [-0.2, 0) is 11.2 Å². The first-order valence-electron chi connectivity index (χ1n) is 4.89. The van der Waals surface area contributed by atoms with Crippen molar-refractivity contribution in [1.82, 2.24) is 10.2 Å². The van der Waals surface area contributed by atoms with Crippen molar-refractivity contribution in [2.75, 3.05) is 5.32 Å². The van der Waals surface area contributed by atoms with Gasteiger partial charge in [0.15, 0.2) is 5.54 Å². The van der Waals surface area contributed by atoms with Gasteiger partial charge in [0.05, 0.1) is 6.20 Å². The van der Waals surface area contributed by atoms with E-state index in [0.717, 1.165) is 0 Å². The van der Waals surface area contributed by atoms with Gasteiger partial charge in [0.1, 0.15) is 5.82 Å². The van der Waals surface area contributed by atoms with Gasteiger partial charge in [0.25, 0.3) is 5.91 Å². The first-order valence-corrected chi connectivity index (χ1v) is 4.89. The standard InChI is InChI=1S/C9H13F3N4O/c1-3-5-4-14-16-6(5)15-7(17)8(2,13)9(10,11)12/h4H,3,13H2,1-2H3,(H2,14,15,16,17). The highest BCUT2D eigenvalue weighted by molar-refractivity contribution is 5.98. The third kappa shape index (κ3) is 2.57. The van der Waals surface area contributed by atoms with Crippen LogP contribution >= 0.6 is 0 Å². The summed E-state index contributed by atoms with van der Waals surface area (Å²) in [5, 5.41) is 8.12. The van der Waals surface area contributed by atoms with Crippen LogP contribution in [0.4, 0.5) is 19.0 Å². The van der Waals surface area contributed by atoms with Gasteiger partial charge in [0, 0.05) is 5.56 Å². The minimum Gasteiger partial charge on any atom is -0.310 e. The van der Waals surface area contributed by atoms with E-state index < -0.39 is 17.6 Å². The zero-order valence-corrected chi connectivity index (χ0v) is 9.35. The van der Waals surface area contributed by atoms with Crippen LogP contribution in [0.5, 0.6) is 0 Å². The SMILES string of the molecule is CCc1cn[nH]c1NC(=O)C(C)(N)C(F)(F)F. The lowest BCUT2D eigenvalue weighted by atomic mass is 10.0. The Hall–Kier alpha value is -1.57. The van der Waals surface area contributed by atoms with E-state index in [1.54, 1.807) is 6.92 Å². The number of nitrogens with two attached hydrogens (primary N) is 1. The second-order valence-electron chi connectivity index (χ2n) is 3.78. The number of hydrogen-bond donors (Lipinski definition) is 3. The summed E-state index contributed by atoms with van der Waals surface area (Å²) in [5.74, 6) is -1.19. The van der Waals surface area contributed by atoms with Crippen molar-refractivity contribution in [2.45, 2.75) is 32.0 Å². The molecule has 0 saturated carbocycles. The first kappa shape index (κ1) is 13.5. The smallest absolute Gasteiger partial charge is 0.310 e. The third-order valence-corrected chi connectivity index (χ3v) is 2.40. The molecule has 1 atom stereocenters. The van der Waals surface area contributed by atoms with Gasteiger partial charge >= 0.3 is 6.18 Å². The van der Waals surface area contributed by atoms with Crippen LogP contribution < -0.4 is 11.1 Å². The Kier molecular flexibility index (Phi) is 3.46. The summed E-state index contributed by atoms with van der Waals surface area (Å²) < 4.78 is 37.4. The molecule has 0 aromatic carbocycles. The molecule has 1 unspecified atom stereocenters. The molecule has 0 aliphatic rings. The van der Waals surface area contributed by atoms with E-state index in [-0.39, 0.29) is 5.82 Å². The monoisotopic (exact) mass is 250 g/mol. The van der Waals surface area contributed by atoms with Crippen LogP contribution in [0.15, 0.2) is 6.20 Å². The normalized spacial score (nSPS) is 15.4. The third-order valence-electron chi connectivity index (χ3n) is 2.40. The number of H-pyrrole nitrogens is 1. The number of nitrogens with zero attached hydrogens (tertiary/aromatic N) is 1. The Morgan fingerprint density at radius 1 is 1.59 bits per heavy atom. The maximum atomic E-state index is 12.5. The molecule has 0 radical (unpaired) electrons. The molecule has 96 valence electrons. The lowest BCUT2D eigenvalue weighted by Crippen LogP contribution is -2.59. The number of aromatic nitrogens is 2. The van der Waals surface area contributed by atoms with Gasteiger partial charge in [-0.1, -0.05) is 6.92 Å². The second-order valence-corrected chi connectivity index (χ2v) is 3.78. The number of aromatic amines is 1. The Morgan fingerprint density at radius 2 is 2.18 bits per heavy atom. The lowest BCUT2D eigenvalue weighted by molar-refractivity contribution is -0.184. The number of aryl methyl sites for hydroxylation is 1. The Balaban J connectivity index is 2.87. The summed E-state index contributed by atoms with van der Waals surface area (Å²) in [6, 6.07) is 0. The van der Waals surface area contributed by atoms with Crippen LogP contribution in [0.2, 0.25) is 0 Å². The summed E-state index contributed by atoms with van der Waals surface area (Å²) in [7, 11) is 0. The quantitative estimate of drug-likeness (QED) is 0.753. The molecule has 1 heterocycles. The average Bonchev–Trinajstić information content (AvgIpc) is 2.63. The van der Waals surface area contributed by atoms with E-state index in [2.05, 4.69) is 15.5 Å². The topological polar surface area (TPSA) is 83.8 Å². The predicted octanol–water partition coefficient (Wildman–Crippen LogP) is 1.19. The number of halogens is 3. The van der Waals surface area contributed by atoms with Crippen molar-refractivity contribution in [3.05, 3.63) is 11.8 Å². The van der Waals surface area contributed by atoms with Crippen molar-refractivity contribution < 1.29 is 18.0 Å². The minimum atomic E-state index is -4.82. The minimum absolute atomic E-state index is 0.137. The lowest BCUT2D eigenvalue weighted by Gasteiger charge is -2.25. The summed E-state index contributed by atoms with van der Waals surface area (Å²) in [5.41, 5.74) is 2.64. The van der Waals surface area contributed by atoms with E-state index >= 15 is 0 Å². The molecular formula is C9H13F3N4O. The molecule has 0 fully saturated rings. The molecule has 4 N–H and O–H groups in total. The summed E-state index contributed by atoms with van der Waals surface area (Å²) in [6.45, 7) is 2.40. The molecule has 1 aromatic rings. The highest BCUT2D eigenvalue weighted by atomic mass is 19.4. The number of amides is 1. The number of rotatable bonds is 3. The fourth-order valence-electron chi connectivity index (χ4n) is 1.06. The van der Waals surface area contributed by atoms with Crippen molar-refractivity contribution in [2.24, 2.45) is 5.73 Å². The van der Waals surface area contributed by atoms with Crippen molar-refractivity contribution in [1.29, 1.82) is 0 Å². The highest BCUT2D eigenvalue weighted by Gasteiger charge is 2.54. The Labute approximate surface area is 95.6 Å². The van der Waals surface area contributed by atoms with E-state index in [9.17, 15) is 18.0 Å². The second kappa shape index (κ2) is 4.36. The number of carbonyl (C=O) groups is 1. The average molecular weight is 250 g/mol. The van der Waals surface area contributed by atoms with Gasteiger partial charge in [-0.3, -0.25) is 9.89 Å². The fraction of sp³-hybridized carbons (Fsp3) is 0.556. The molecule has 17 heavy (non-hydrogen) atoms. The van der Waals surface area contributed by atoms with Crippen LogP contribution in [-0.4, -0.2) is 27.8 Å². The molecule has 5 nitrogen and oxygen atoms in total. The Morgan fingerprint density at radius 3 is 2.65 bits per heavy atom. The van der Waals surface area contributed by atoms with Crippen molar-refractivity contribution in [3.63, 3.8) is 0 Å². The molecule has 0 aliphatic heterocycles. The van der Waals surface area contributed by atoms with E-state index in [1.165, 1.54) is 6.20 Å². The zero-order chi connectivity index (χ0) is 13.3. The van der Waals surface area contributed by atoms with Crippen LogP contribution in [0.25, 0.3) is 0 Å². The number of hydrogen-bond acceptors (Lipinski definition) is 3. The van der Waals surface area contributed by atoms with E-state index in [1.807, 2.05) is 0 Å². The van der Waals surface area contributed by atoms with E-state index in [0.29, 0.717) is 18.9 Å². The molecule has 0 spiro atoms. The molecule has 1 rings (SSSR count). The predicted molar refractivity (Wildman–Crippen MR) is 55.2 cm³/mol. The number of nitrogens with one attached hydrogen (secondary N) is 2. The van der Waals surface area contributed by atoms with Crippen molar-refractivity contribution >= 4 is 11.7 Å². The number of alkyl halides is 3. The zero-order valence-electron chi connectivity index (χ0n) is 9.35. The molecule has 1 aromatic heterocycles. The number of carbonyl (C=O) groups excluding carboxylic acids is 1. The van der Waals surface area contributed by atoms with Crippen LogP contribution in [0, 0.1) is 0 Å². The highest BCUT2D eigenvalue weighted by Crippen LogP contribution is 2.29.